The van der Waals surface area contributed by atoms with Crippen molar-refractivity contribution in [3.8, 4) is 0 Å². The fourth-order valence-corrected chi connectivity index (χ4v) is 3.87. The van der Waals surface area contributed by atoms with E-state index in [9.17, 15) is 0 Å². The number of piperidine rings is 1. The summed E-state index contributed by atoms with van der Waals surface area (Å²) in [4.78, 5) is 2.62. The Morgan fingerprint density at radius 1 is 1.15 bits per heavy atom. The summed E-state index contributed by atoms with van der Waals surface area (Å²) in [7, 11) is 0. The Labute approximate surface area is 123 Å². The Kier molecular flexibility index (Phi) is 3.66. The zero-order valence-corrected chi connectivity index (χ0v) is 13.3. The van der Waals surface area contributed by atoms with Gasteiger partial charge in [-0.15, -0.1) is 0 Å². The van der Waals surface area contributed by atoms with Crippen LogP contribution in [0.3, 0.4) is 0 Å². The summed E-state index contributed by atoms with van der Waals surface area (Å²) in [5.74, 6) is 1.59. The monoisotopic (exact) mass is 272 g/mol. The highest BCUT2D eigenvalue weighted by molar-refractivity contribution is 5.62. The molecule has 1 saturated heterocycles. The van der Waals surface area contributed by atoms with Crippen LogP contribution in [0.1, 0.15) is 46.1 Å². The molecule has 2 aliphatic rings. The topological polar surface area (TPSA) is 15.3 Å². The lowest BCUT2D eigenvalue weighted by molar-refractivity contribution is 0.297. The highest BCUT2D eigenvalue weighted by Gasteiger charge is 2.29. The van der Waals surface area contributed by atoms with Crippen LogP contribution in [0.15, 0.2) is 18.2 Å². The molecule has 1 aromatic rings. The molecule has 0 saturated carbocycles. The molecule has 1 N–H and O–H groups in total. The van der Waals surface area contributed by atoms with E-state index >= 15 is 0 Å². The first-order valence-corrected chi connectivity index (χ1v) is 8.20. The Morgan fingerprint density at radius 2 is 1.95 bits per heavy atom. The summed E-state index contributed by atoms with van der Waals surface area (Å²) in [5.41, 5.74) is 4.27. The smallest absolute Gasteiger partial charge is 0.0376 e. The number of fused-ring (bicyclic) bond motifs is 1. The quantitative estimate of drug-likeness (QED) is 0.820. The van der Waals surface area contributed by atoms with Gasteiger partial charge < -0.3 is 10.2 Å². The molecule has 0 radical (unpaired) electrons. The maximum Gasteiger partial charge on any atom is 0.0376 e. The van der Waals surface area contributed by atoms with Crippen molar-refractivity contribution in [2.24, 2.45) is 11.8 Å². The number of nitrogens with one attached hydrogen (secondary N) is 1. The molecule has 20 heavy (non-hydrogen) atoms. The number of aryl methyl sites for hydroxylation is 1. The summed E-state index contributed by atoms with van der Waals surface area (Å²) in [6, 6.07) is 8.29. The van der Waals surface area contributed by atoms with Crippen LogP contribution in [0.2, 0.25) is 0 Å². The Morgan fingerprint density at radius 3 is 2.75 bits per heavy atom. The SMILES string of the molecule is CC1CC(C)C(C)N(c2ccc3c(c2)CCC(C)N3)C1. The highest BCUT2D eigenvalue weighted by Crippen LogP contribution is 2.34. The number of nitrogens with zero attached hydrogens (tertiary/aromatic N) is 1. The van der Waals surface area contributed by atoms with Crippen LogP contribution < -0.4 is 10.2 Å². The first-order valence-electron chi connectivity index (χ1n) is 8.20. The third kappa shape index (κ3) is 2.53. The number of hydrogen-bond acceptors (Lipinski definition) is 2. The predicted octanol–water partition coefficient (Wildman–Crippen LogP) is 4.30. The summed E-state index contributed by atoms with van der Waals surface area (Å²) < 4.78 is 0. The molecule has 3 rings (SSSR count). The fraction of sp³-hybridized carbons (Fsp3) is 0.667. The molecule has 0 amide bonds. The average Bonchev–Trinajstić information content (AvgIpc) is 2.42. The van der Waals surface area contributed by atoms with Gasteiger partial charge in [-0.3, -0.25) is 0 Å². The van der Waals surface area contributed by atoms with Crippen molar-refractivity contribution in [1.82, 2.24) is 0 Å². The van der Waals surface area contributed by atoms with Crippen molar-refractivity contribution in [2.45, 2.75) is 59.0 Å². The summed E-state index contributed by atoms with van der Waals surface area (Å²) in [5, 5.41) is 3.60. The summed E-state index contributed by atoms with van der Waals surface area (Å²) in [6.07, 6.45) is 3.82. The van der Waals surface area contributed by atoms with Crippen LogP contribution in [-0.4, -0.2) is 18.6 Å². The largest absolute Gasteiger partial charge is 0.382 e. The van der Waals surface area contributed by atoms with Gasteiger partial charge in [0.25, 0.3) is 0 Å². The molecule has 4 atom stereocenters. The lowest BCUT2D eigenvalue weighted by Gasteiger charge is -2.43. The first kappa shape index (κ1) is 13.8. The molecule has 0 bridgehead atoms. The zero-order chi connectivity index (χ0) is 14.3. The lowest BCUT2D eigenvalue weighted by Crippen LogP contribution is -2.45. The summed E-state index contributed by atoms with van der Waals surface area (Å²) in [6.45, 7) is 10.6. The van der Waals surface area contributed by atoms with E-state index in [0.29, 0.717) is 12.1 Å². The van der Waals surface area contributed by atoms with Crippen molar-refractivity contribution >= 4 is 11.4 Å². The minimum atomic E-state index is 0.613. The van der Waals surface area contributed by atoms with Gasteiger partial charge in [0.2, 0.25) is 0 Å². The van der Waals surface area contributed by atoms with E-state index in [0.717, 1.165) is 11.8 Å². The number of benzene rings is 1. The van der Waals surface area contributed by atoms with Gasteiger partial charge >= 0.3 is 0 Å². The van der Waals surface area contributed by atoms with Crippen molar-refractivity contribution in [3.63, 3.8) is 0 Å². The molecule has 0 aromatic heterocycles. The maximum atomic E-state index is 3.60. The van der Waals surface area contributed by atoms with Crippen LogP contribution in [-0.2, 0) is 6.42 Å². The van der Waals surface area contributed by atoms with Crippen molar-refractivity contribution in [2.75, 3.05) is 16.8 Å². The third-order valence-corrected chi connectivity index (χ3v) is 5.27. The van der Waals surface area contributed by atoms with Gasteiger partial charge in [-0.05, 0) is 68.7 Å². The Hall–Kier alpha value is -1.18. The van der Waals surface area contributed by atoms with Gasteiger partial charge in [0.05, 0.1) is 0 Å². The van der Waals surface area contributed by atoms with Gasteiger partial charge in [0.1, 0.15) is 0 Å². The van der Waals surface area contributed by atoms with Crippen molar-refractivity contribution in [1.29, 1.82) is 0 Å². The van der Waals surface area contributed by atoms with Gasteiger partial charge in [-0.2, -0.15) is 0 Å². The molecule has 2 nitrogen and oxygen atoms in total. The van der Waals surface area contributed by atoms with Crippen molar-refractivity contribution in [3.05, 3.63) is 23.8 Å². The van der Waals surface area contributed by atoms with E-state index in [1.54, 1.807) is 0 Å². The third-order valence-electron chi connectivity index (χ3n) is 5.27. The van der Waals surface area contributed by atoms with Crippen LogP contribution in [0.5, 0.6) is 0 Å². The molecule has 2 heterocycles. The number of hydrogen-bond donors (Lipinski definition) is 1. The second-order valence-electron chi connectivity index (χ2n) is 7.14. The van der Waals surface area contributed by atoms with Crippen LogP contribution in [0.25, 0.3) is 0 Å². The Bertz CT molecular complexity index is 482. The standard InChI is InChI=1S/C18H28N2/c1-12-9-13(2)15(4)20(11-12)17-7-8-18-16(10-17)6-5-14(3)19-18/h7-8,10,12-15,19H,5-6,9,11H2,1-4H3. The van der Waals surface area contributed by atoms with E-state index < -0.39 is 0 Å². The second-order valence-corrected chi connectivity index (χ2v) is 7.14. The average molecular weight is 272 g/mol. The minimum Gasteiger partial charge on any atom is -0.382 e. The van der Waals surface area contributed by atoms with Gasteiger partial charge in [0, 0.05) is 30.0 Å². The molecule has 1 aromatic carbocycles. The molecule has 1 fully saturated rings. The van der Waals surface area contributed by atoms with Gasteiger partial charge in [0.15, 0.2) is 0 Å². The molecular weight excluding hydrogens is 244 g/mol. The van der Waals surface area contributed by atoms with Gasteiger partial charge in [-0.1, -0.05) is 13.8 Å². The molecule has 2 heteroatoms. The van der Waals surface area contributed by atoms with E-state index in [1.807, 2.05) is 0 Å². The minimum absolute atomic E-state index is 0.613. The second kappa shape index (κ2) is 5.31. The molecule has 0 aliphatic carbocycles. The highest BCUT2D eigenvalue weighted by atomic mass is 15.2. The van der Waals surface area contributed by atoms with E-state index in [4.69, 9.17) is 0 Å². The zero-order valence-electron chi connectivity index (χ0n) is 13.3. The molecule has 110 valence electrons. The van der Waals surface area contributed by atoms with Crippen molar-refractivity contribution < 1.29 is 0 Å². The van der Waals surface area contributed by atoms with Crippen LogP contribution in [0.4, 0.5) is 11.4 Å². The maximum absolute atomic E-state index is 3.60. The van der Waals surface area contributed by atoms with E-state index in [-0.39, 0.29) is 0 Å². The number of anilines is 2. The molecule has 0 spiro atoms. The number of rotatable bonds is 1. The van der Waals surface area contributed by atoms with Crippen LogP contribution in [0, 0.1) is 11.8 Å². The summed E-state index contributed by atoms with van der Waals surface area (Å²) >= 11 is 0. The van der Waals surface area contributed by atoms with E-state index in [2.05, 4.69) is 56.1 Å². The predicted molar refractivity (Wildman–Crippen MR) is 87.6 cm³/mol. The molecular formula is C18H28N2. The van der Waals surface area contributed by atoms with Gasteiger partial charge in [-0.25, -0.2) is 0 Å². The molecule has 2 aliphatic heterocycles. The molecule has 4 unspecified atom stereocenters. The fourth-order valence-electron chi connectivity index (χ4n) is 3.87. The van der Waals surface area contributed by atoms with Crippen LogP contribution >= 0.6 is 0 Å². The normalized spacial score (nSPS) is 33.5. The lowest BCUT2D eigenvalue weighted by atomic mass is 9.85. The Balaban J connectivity index is 1.87. The first-order chi connectivity index (χ1) is 9.54. The van der Waals surface area contributed by atoms with E-state index in [1.165, 1.54) is 42.7 Å².